The van der Waals surface area contributed by atoms with E-state index >= 15 is 0 Å². The Morgan fingerprint density at radius 3 is 2.53 bits per heavy atom. The number of hydrogen-bond donors (Lipinski definition) is 3. The molecule has 1 aromatic heterocycles. The van der Waals surface area contributed by atoms with Crippen molar-refractivity contribution in [3.63, 3.8) is 0 Å². The summed E-state index contributed by atoms with van der Waals surface area (Å²) in [5, 5.41) is 16.0. The van der Waals surface area contributed by atoms with Crippen molar-refractivity contribution in [2.45, 2.75) is 31.7 Å². The fraction of sp³-hybridized carbons (Fsp3) is 0.280. The second-order valence-electron chi connectivity index (χ2n) is 8.67. The molecule has 3 N–H and O–H groups in total. The Labute approximate surface area is 226 Å². The number of carbonyl (C=O) groups excluding carboxylic acids is 2. The molecule has 4 amide bonds. The van der Waals surface area contributed by atoms with Crippen molar-refractivity contribution in [1.29, 1.82) is 0 Å². The molecule has 5 rings (SSSR count). The Morgan fingerprint density at radius 2 is 1.87 bits per heavy atom. The number of nitrogens with one attached hydrogen (secondary N) is 2. The fourth-order valence-electron chi connectivity index (χ4n) is 4.21. The number of benzene rings is 2. The molecule has 1 atom stereocenters. The zero-order valence-electron chi connectivity index (χ0n) is 20.0. The maximum Gasteiger partial charge on any atom is 0.347 e. The highest BCUT2D eigenvalue weighted by atomic mass is 35.5. The van der Waals surface area contributed by atoms with Crippen LogP contribution in [-0.2, 0) is 11.3 Å². The largest absolute Gasteiger partial charge is 0.477 e. The van der Waals surface area contributed by atoms with Crippen LogP contribution >= 0.6 is 22.9 Å². The molecule has 0 aliphatic carbocycles. The topological polar surface area (TPSA) is 133 Å². The number of carbonyl (C=O) groups is 3. The van der Waals surface area contributed by atoms with Gasteiger partial charge in [0.25, 0.3) is 5.19 Å². The summed E-state index contributed by atoms with van der Waals surface area (Å²) in [7, 11) is 0. The van der Waals surface area contributed by atoms with Gasteiger partial charge in [0.05, 0.1) is 12.7 Å². The van der Waals surface area contributed by atoms with Gasteiger partial charge in [0.2, 0.25) is 0 Å². The standard InChI is InChI=1S/C25H24ClN5O6S/c26-16-3-1-15(2-4-16)14-30-22(29-23(34)31(25(30)35)18-9-11-36-12-10-18)28-17-5-7-19(8-6-17)37-24-27-13-20(38-24)21(32)33/h1-8,13,18,22,28H,9-12,14H2,(H,29,34)(H,32,33). The van der Waals surface area contributed by atoms with E-state index in [9.17, 15) is 14.4 Å². The highest BCUT2D eigenvalue weighted by Crippen LogP contribution is 2.28. The maximum absolute atomic E-state index is 13.6. The van der Waals surface area contributed by atoms with Gasteiger partial charge in [-0.25, -0.2) is 24.3 Å². The van der Waals surface area contributed by atoms with E-state index < -0.39 is 24.3 Å². The third kappa shape index (κ3) is 5.82. The van der Waals surface area contributed by atoms with Crippen molar-refractivity contribution < 1.29 is 29.0 Å². The monoisotopic (exact) mass is 557 g/mol. The predicted molar refractivity (Wildman–Crippen MR) is 140 cm³/mol. The van der Waals surface area contributed by atoms with Crippen LogP contribution < -0.4 is 15.4 Å². The molecular formula is C25H24ClN5O6S. The number of aromatic nitrogens is 1. The Kier molecular flexibility index (Phi) is 7.63. The molecule has 11 nitrogen and oxygen atoms in total. The second kappa shape index (κ2) is 11.3. The highest BCUT2D eigenvalue weighted by Gasteiger charge is 2.42. The summed E-state index contributed by atoms with van der Waals surface area (Å²) in [5.41, 5.74) is 1.48. The normalized spacial score (nSPS) is 18.3. The fourth-order valence-corrected chi connectivity index (χ4v) is 4.96. The average Bonchev–Trinajstić information content (AvgIpc) is 3.38. The molecule has 198 valence electrons. The average molecular weight is 558 g/mol. The molecule has 0 radical (unpaired) electrons. The predicted octanol–water partition coefficient (Wildman–Crippen LogP) is 4.81. The molecule has 2 saturated heterocycles. The van der Waals surface area contributed by atoms with Gasteiger partial charge in [-0.05, 0) is 54.8 Å². The van der Waals surface area contributed by atoms with E-state index in [1.807, 2.05) is 12.1 Å². The summed E-state index contributed by atoms with van der Waals surface area (Å²) in [6.07, 6.45) is 1.59. The SMILES string of the molecule is O=C(O)c1cnc(Oc2ccc(NC3NC(=O)N(C4CCOCC4)C(=O)N3Cc3ccc(Cl)cc3)cc2)s1. The van der Waals surface area contributed by atoms with Gasteiger partial charge in [0.15, 0.2) is 6.29 Å². The number of carboxylic acid groups (broad SMARTS) is 1. The number of carboxylic acids is 1. The highest BCUT2D eigenvalue weighted by molar-refractivity contribution is 7.15. The zero-order valence-corrected chi connectivity index (χ0v) is 21.6. The number of nitrogens with zero attached hydrogens (tertiary/aromatic N) is 3. The summed E-state index contributed by atoms with van der Waals surface area (Å²) in [6.45, 7) is 1.23. The number of halogens is 1. The zero-order chi connectivity index (χ0) is 26.6. The number of anilines is 1. The van der Waals surface area contributed by atoms with Crippen molar-refractivity contribution in [1.82, 2.24) is 20.1 Å². The molecule has 13 heteroatoms. The van der Waals surface area contributed by atoms with Crippen LogP contribution in [0.25, 0.3) is 0 Å². The minimum Gasteiger partial charge on any atom is -0.477 e. The summed E-state index contributed by atoms with van der Waals surface area (Å²) in [6, 6.07) is 12.9. The first-order valence-electron chi connectivity index (χ1n) is 11.8. The second-order valence-corrected chi connectivity index (χ2v) is 10.1. The summed E-state index contributed by atoms with van der Waals surface area (Å²) in [5.74, 6) is -0.617. The van der Waals surface area contributed by atoms with Crippen LogP contribution in [0, 0.1) is 0 Å². The molecule has 0 saturated carbocycles. The number of thiazole rings is 1. The van der Waals surface area contributed by atoms with Crippen molar-refractivity contribution in [2.75, 3.05) is 18.5 Å². The van der Waals surface area contributed by atoms with Crippen LogP contribution in [0.4, 0.5) is 15.3 Å². The molecule has 2 fully saturated rings. The quantitative estimate of drug-likeness (QED) is 0.359. The number of rotatable bonds is 8. The Balaban J connectivity index is 1.33. The van der Waals surface area contributed by atoms with Crippen LogP contribution in [0.1, 0.15) is 28.1 Å². The van der Waals surface area contributed by atoms with Crippen LogP contribution in [0.15, 0.2) is 54.7 Å². The summed E-state index contributed by atoms with van der Waals surface area (Å²) >= 11 is 6.95. The number of urea groups is 2. The molecule has 2 aliphatic rings. The summed E-state index contributed by atoms with van der Waals surface area (Å²) in [4.78, 5) is 44.6. The van der Waals surface area contributed by atoms with Crippen molar-refractivity contribution in [3.05, 3.63) is 70.2 Å². The number of imide groups is 1. The van der Waals surface area contributed by atoms with E-state index in [1.54, 1.807) is 41.3 Å². The Bertz CT molecular complexity index is 1310. The minimum atomic E-state index is -1.07. The molecular weight excluding hydrogens is 534 g/mol. The van der Waals surface area contributed by atoms with Crippen LogP contribution in [0.2, 0.25) is 5.02 Å². The van der Waals surface area contributed by atoms with Crippen LogP contribution in [0.5, 0.6) is 10.9 Å². The summed E-state index contributed by atoms with van der Waals surface area (Å²) < 4.78 is 11.0. The van der Waals surface area contributed by atoms with E-state index in [4.69, 9.17) is 26.2 Å². The first-order chi connectivity index (χ1) is 18.4. The van der Waals surface area contributed by atoms with Gasteiger partial charge in [-0.3, -0.25) is 10.2 Å². The molecule has 2 aromatic carbocycles. The van der Waals surface area contributed by atoms with Crippen molar-refractivity contribution >= 4 is 46.7 Å². The van der Waals surface area contributed by atoms with Gasteiger partial charge >= 0.3 is 18.0 Å². The van der Waals surface area contributed by atoms with Crippen molar-refractivity contribution in [2.24, 2.45) is 0 Å². The maximum atomic E-state index is 13.6. The number of hydrogen-bond acceptors (Lipinski definition) is 8. The molecule has 1 unspecified atom stereocenters. The van der Waals surface area contributed by atoms with Gasteiger partial charge in [0, 0.05) is 30.0 Å². The molecule has 38 heavy (non-hydrogen) atoms. The van der Waals surface area contributed by atoms with Crippen LogP contribution in [-0.4, -0.2) is 63.5 Å². The number of aromatic carboxylic acids is 1. The third-order valence-corrected chi connectivity index (χ3v) is 7.24. The van der Waals surface area contributed by atoms with Gasteiger partial charge in [-0.1, -0.05) is 35.1 Å². The Hall–Kier alpha value is -3.87. The van der Waals surface area contributed by atoms with E-state index in [0.29, 0.717) is 42.5 Å². The molecule has 2 aliphatic heterocycles. The Morgan fingerprint density at radius 1 is 1.16 bits per heavy atom. The lowest BCUT2D eigenvalue weighted by Crippen LogP contribution is -2.69. The molecule has 0 spiro atoms. The lowest BCUT2D eigenvalue weighted by Gasteiger charge is -2.44. The smallest absolute Gasteiger partial charge is 0.347 e. The van der Waals surface area contributed by atoms with Gasteiger partial charge in [-0.2, -0.15) is 0 Å². The number of amides is 4. The van der Waals surface area contributed by atoms with E-state index in [-0.39, 0.29) is 22.7 Å². The van der Waals surface area contributed by atoms with Gasteiger partial charge in [0.1, 0.15) is 10.6 Å². The lowest BCUT2D eigenvalue weighted by atomic mass is 10.1. The minimum absolute atomic E-state index is 0.0755. The molecule has 3 heterocycles. The van der Waals surface area contributed by atoms with Crippen molar-refractivity contribution in [3.8, 4) is 10.9 Å². The third-order valence-electron chi connectivity index (χ3n) is 6.12. The van der Waals surface area contributed by atoms with E-state index in [1.165, 1.54) is 11.1 Å². The molecule has 3 aromatic rings. The first-order valence-corrected chi connectivity index (χ1v) is 13.0. The van der Waals surface area contributed by atoms with Crippen LogP contribution in [0.3, 0.4) is 0 Å². The lowest BCUT2D eigenvalue weighted by molar-refractivity contribution is 0.0357. The molecule has 0 bridgehead atoms. The van der Waals surface area contributed by atoms with E-state index in [2.05, 4.69) is 15.6 Å². The number of ether oxygens (including phenoxy) is 2. The van der Waals surface area contributed by atoms with Gasteiger partial charge in [-0.15, -0.1) is 0 Å². The van der Waals surface area contributed by atoms with Gasteiger partial charge < -0.3 is 19.9 Å². The first kappa shape index (κ1) is 25.8. The van der Waals surface area contributed by atoms with E-state index in [0.717, 1.165) is 16.9 Å².